The third-order valence-corrected chi connectivity index (χ3v) is 4.18. The molecule has 0 aromatic heterocycles. The molecule has 0 aliphatic heterocycles. The third kappa shape index (κ3) is 2.96. The van der Waals surface area contributed by atoms with Gasteiger partial charge in [0.05, 0.1) is 6.10 Å². The Balaban J connectivity index is 1.86. The lowest BCUT2D eigenvalue weighted by molar-refractivity contribution is -0.129. The highest BCUT2D eigenvalue weighted by atomic mass is 16.3. The van der Waals surface area contributed by atoms with Crippen molar-refractivity contribution in [2.24, 2.45) is 11.1 Å². The number of aliphatic hydroxyl groups excluding tert-OH is 1. The Hall–Kier alpha value is -1.39. The maximum atomic E-state index is 12.0. The van der Waals surface area contributed by atoms with Gasteiger partial charge in [0.2, 0.25) is 5.91 Å². The lowest BCUT2D eigenvalue weighted by Gasteiger charge is -2.49. The number of carbonyl (C=O) groups is 1. The number of nitrogens with one attached hydrogen (secondary N) is 1. The van der Waals surface area contributed by atoms with Crippen molar-refractivity contribution >= 4 is 5.91 Å². The second kappa shape index (κ2) is 5.31. The van der Waals surface area contributed by atoms with Crippen LogP contribution in [-0.2, 0) is 4.79 Å². The highest BCUT2D eigenvalue weighted by Gasteiger charge is 2.47. The van der Waals surface area contributed by atoms with E-state index in [1.54, 1.807) is 0 Å². The summed E-state index contributed by atoms with van der Waals surface area (Å²) in [5.74, 6) is -0.0543. The molecule has 104 valence electrons. The summed E-state index contributed by atoms with van der Waals surface area (Å²) in [6.45, 7) is 3.92. The van der Waals surface area contributed by atoms with Gasteiger partial charge in [-0.1, -0.05) is 44.2 Å². The Morgan fingerprint density at radius 3 is 2.63 bits per heavy atom. The molecule has 1 fully saturated rings. The Morgan fingerprint density at radius 2 is 2.11 bits per heavy atom. The summed E-state index contributed by atoms with van der Waals surface area (Å²) < 4.78 is 0. The summed E-state index contributed by atoms with van der Waals surface area (Å²) in [6.07, 6.45) is 0.562. The van der Waals surface area contributed by atoms with Crippen molar-refractivity contribution in [2.75, 3.05) is 0 Å². The van der Waals surface area contributed by atoms with Crippen LogP contribution in [0.5, 0.6) is 0 Å². The largest absolute Gasteiger partial charge is 0.392 e. The van der Waals surface area contributed by atoms with Gasteiger partial charge in [0.1, 0.15) is 0 Å². The van der Waals surface area contributed by atoms with Crippen LogP contribution in [0.2, 0.25) is 0 Å². The molecule has 3 unspecified atom stereocenters. The number of benzene rings is 1. The fourth-order valence-corrected chi connectivity index (χ4v) is 2.42. The lowest BCUT2D eigenvalue weighted by atomic mass is 9.64. The number of amides is 1. The second-order valence-corrected chi connectivity index (χ2v) is 5.91. The van der Waals surface area contributed by atoms with E-state index in [1.165, 1.54) is 0 Å². The van der Waals surface area contributed by atoms with Crippen LogP contribution in [0, 0.1) is 5.41 Å². The highest BCUT2D eigenvalue weighted by molar-refractivity contribution is 5.77. The molecule has 4 heteroatoms. The molecule has 0 spiro atoms. The lowest BCUT2D eigenvalue weighted by Crippen LogP contribution is -2.61. The van der Waals surface area contributed by atoms with E-state index in [4.69, 9.17) is 5.73 Å². The number of aliphatic hydroxyl groups is 1. The zero-order valence-electron chi connectivity index (χ0n) is 11.5. The predicted molar refractivity (Wildman–Crippen MR) is 74.3 cm³/mol. The molecule has 1 aliphatic carbocycles. The molecule has 19 heavy (non-hydrogen) atoms. The zero-order valence-corrected chi connectivity index (χ0v) is 11.5. The summed E-state index contributed by atoms with van der Waals surface area (Å²) in [7, 11) is 0. The van der Waals surface area contributed by atoms with Crippen LogP contribution in [0.3, 0.4) is 0 Å². The van der Waals surface area contributed by atoms with Crippen LogP contribution >= 0.6 is 0 Å². The molecule has 0 bridgehead atoms. The van der Waals surface area contributed by atoms with Crippen molar-refractivity contribution in [1.82, 2.24) is 5.32 Å². The first kappa shape index (κ1) is 14.0. The van der Waals surface area contributed by atoms with Crippen LogP contribution in [0.4, 0.5) is 0 Å². The van der Waals surface area contributed by atoms with E-state index >= 15 is 0 Å². The summed E-state index contributed by atoms with van der Waals surface area (Å²) in [6, 6.07) is 9.36. The van der Waals surface area contributed by atoms with Gasteiger partial charge in [-0.15, -0.1) is 0 Å². The molecule has 0 saturated heterocycles. The first-order valence-electron chi connectivity index (χ1n) is 6.69. The summed E-state index contributed by atoms with van der Waals surface area (Å²) in [5.41, 5.74) is 6.74. The minimum atomic E-state index is -0.333. The van der Waals surface area contributed by atoms with E-state index in [-0.39, 0.29) is 35.9 Å². The van der Waals surface area contributed by atoms with Gasteiger partial charge >= 0.3 is 0 Å². The van der Waals surface area contributed by atoms with E-state index in [2.05, 4.69) is 5.32 Å². The van der Waals surface area contributed by atoms with Crippen molar-refractivity contribution in [3.63, 3.8) is 0 Å². The van der Waals surface area contributed by atoms with E-state index in [0.717, 1.165) is 5.56 Å². The van der Waals surface area contributed by atoms with Gasteiger partial charge in [-0.3, -0.25) is 4.79 Å². The van der Waals surface area contributed by atoms with Gasteiger partial charge in [-0.25, -0.2) is 0 Å². The van der Waals surface area contributed by atoms with Crippen LogP contribution < -0.4 is 11.1 Å². The van der Waals surface area contributed by atoms with E-state index < -0.39 is 0 Å². The van der Waals surface area contributed by atoms with E-state index in [0.29, 0.717) is 6.42 Å². The molecular weight excluding hydrogens is 240 g/mol. The molecule has 0 heterocycles. The number of carbonyl (C=O) groups excluding carboxylic acids is 1. The van der Waals surface area contributed by atoms with Crippen molar-refractivity contribution in [3.05, 3.63) is 35.9 Å². The van der Waals surface area contributed by atoms with E-state index in [1.807, 2.05) is 44.2 Å². The molecular formula is C15H22N2O2. The minimum Gasteiger partial charge on any atom is -0.392 e. The first-order chi connectivity index (χ1) is 8.91. The Morgan fingerprint density at radius 1 is 1.47 bits per heavy atom. The van der Waals surface area contributed by atoms with Crippen LogP contribution in [0.15, 0.2) is 30.3 Å². The van der Waals surface area contributed by atoms with Crippen molar-refractivity contribution in [3.8, 4) is 0 Å². The van der Waals surface area contributed by atoms with Crippen LogP contribution in [0.1, 0.15) is 38.3 Å². The van der Waals surface area contributed by atoms with Gasteiger partial charge in [-0.05, 0) is 12.0 Å². The van der Waals surface area contributed by atoms with Crippen molar-refractivity contribution in [1.29, 1.82) is 0 Å². The number of hydrogen-bond donors (Lipinski definition) is 3. The molecule has 1 aliphatic rings. The summed E-state index contributed by atoms with van der Waals surface area (Å²) in [5, 5.41) is 12.6. The molecule has 4 N–H and O–H groups in total. The minimum absolute atomic E-state index is 0.0398. The maximum Gasteiger partial charge on any atom is 0.222 e. The monoisotopic (exact) mass is 262 g/mol. The quantitative estimate of drug-likeness (QED) is 0.766. The fraction of sp³-hybridized carbons (Fsp3) is 0.533. The van der Waals surface area contributed by atoms with Crippen molar-refractivity contribution < 1.29 is 9.90 Å². The topological polar surface area (TPSA) is 75.3 Å². The Labute approximate surface area is 114 Å². The third-order valence-electron chi connectivity index (χ3n) is 4.18. The average Bonchev–Trinajstić information content (AvgIpc) is 2.39. The molecule has 0 radical (unpaired) electrons. The predicted octanol–water partition coefficient (Wildman–Crippen LogP) is 1.35. The molecule has 1 amide bonds. The normalized spacial score (nSPS) is 26.3. The molecule has 1 aromatic rings. The average molecular weight is 262 g/mol. The van der Waals surface area contributed by atoms with Crippen molar-refractivity contribution in [2.45, 2.75) is 44.9 Å². The highest BCUT2D eigenvalue weighted by Crippen LogP contribution is 2.40. The second-order valence-electron chi connectivity index (χ2n) is 5.91. The maximum absolute atomic E-state index is 12.0. The van der Waals surface area contributed by atoms with Gasteiger partial charge in [-0.2, -0.15) is 0 Å². The number of rotatable bonds is 4. The van der Waals surface area contributed by atoms with Gasteiger partial charge in [0.25, 0.3) is 0 Å². The molecule has 2 rings (SSSR count). The molecule has 3 atom stereocenters. The smallest absolute Gasteiger partial charge is 0.222 e. The summed E-state index contributed by atoms with van der Waals surface area (Å²) in [4.78, 5) is 12.0. The fourth-order valence-electron chi connectivity index (χ4n) is 2.42. The molecule has 1 aromatic carbocycles. The Bertz CT molecular complexity index is 445. The SMILES string of the molecule is CC1(C)C(O)CC1NC(=O)CC(N)c1ccccc1. The van der Waals surface area contributed by atoms with Gasteiger partial charge in [0.15, 0.2) is 0 Å². The van der Waals surface area contributed by atoms with E-state index in [9.17, 15) is 9.90 Å². The first-order valence-corrected chi connectivity index (χ1v) is 6.69. The Kier molecular flexibility index (Phi) is 3.92. The standard InChI is InChI=1S/C15H22N2O2/c1-15(2)12(9-13(15)18)17-14(19)8-11(16)10-6-4-3-5-7-10/h3-7,11-13,18H,8-9,16H2,1-2H3,(H,17,19). The van der Waals surface area contributed by atoms with Gasteiger partial charge in [0, 0.05) is 23.9 Å². The number of nitrogens with two attached hydrogens (primary N) is 1. The zero-order chi connectivity index (χ0) is 14.0. The molecule has 4 nitrogen and oxygen atoms in total. The molecule has 1 saturated carbocycles. The number of hydrogen-bond acceptors (Lipinski definition) is 3. The summed E-state index contributed by atoms with van der Waals surface area (Å²) >= 11 is 0. The van der Waals surface area contributed by atoms with Crippen LogP contribution in [0.25, 0.3) is 0 Å². The van der Waals surface area contributed by atoms with Crippen LogP contribution in [-0.4, -0.2) is 23.2 Å². The van der Waals surface area contributed by atoms with Gasteiger partial charge < -0.3 is 16.2 Å².